The number of rotatable bonds is 5. The van der Waals surface area contributed by atoms with Crippen LogP contribution in [-0.2, 0) is 4.79 Å². The fourth-order valence-electron chi connectivity index (χ4n) is 3.18. The van der Waals surface area contributed by atoms with E-state index in [0.717, 1.165) is 13.1 Å². The van der Waals surface area contributed by atoms with E-state index < -0.39 is 5.82 Å². The summed E-state index contributed by atoms with van der Waals surface area (Å²) >= 11 is 0. The summed E-state index contributed by atoms with van der Waals surface area (Å²) in [5.41, 5.74) is 7.72. The fraction of sp³-hybridized carbons (Fsp3) is 0.316. The van der Waals surface area contributed by atoms with Crippen molar-refractivity contribution in [1.29, 1.82) is 0 Å². The highest BCUT2D eigenvalue weighted by molar-refractivity contribution is 5.90. The van der Waals surface area contributed by atoms with E-state index in [2.05, 4.69) is 22.3 Å². The zero-order valence-corrected chi connectivity index (χ0v) is 14.7. The van der Waals surface area contributed by atoms with Gasteiger partial charge in [-0.05, 0) is 17.7 Å². The minimum atomic E-state index is -0.418. The van der Waals surface area contributed by atoms with Crippen LogP contribution in [0.1, 0.15) is 17.9 Å². The van der Waals surface area contributed by atoms with E-state index in [1.54, 1.807) is 18.2 Å². The molecule has 0 bridgehead atoms. The van der Waals surface area contributed by atoms with Crippen molar-refractivity contribution in [3.63, 3.8) is 0 Å². The highest BCUT2D eigenvalue weighted by Gasteiger charge is 2.31. The van der Waals surface area contributed by atoms with E-state index in [1.807, 2.05) is 18.2 Å². The Hall–Kier alpha value is -1.95. The molecule has 2 atom stereocenters. The largest absolute Gasteiger partial charge is 0.326 e. The van der Waals surface area contributed by atoms with E-state index >= 15 is 0 Å². The summed E-state index contributed by atoms with van der Waals surface area (Å²) in [4.78, 5) is 14.2. The molecule has 1 heterocycles. The predicted molar refractivity (Wildman–Crippen MR) is 100 cm³/mol. The third-order valence-electron chi connectivity index (χ3n) is 4.47. The molecule has 6 heteroatoms. The number of likely N-dealkylation sites (tertiary alicyclic amines) is 1. The number of anilines is 1. The lowest BCUT2D eigenvalue weighted by molar-refractivity contribution is -0.116. The Kier molecular flexibility index (Phi) is 6.93. The maximum Gasteiger partial charge on any atom is 0.225 e. The van der Waals surface area contributed by atoms with Crippen LogP contribution in [0.15, 0.2) is 54.6 Å². The Morgan fingerprint density at radius 1 is 1.12 bits per heavy atom. The number of benzene rings is 2. The van der Waals surface area contributed by atoms with Gasteiger partial charge in [0.1, 0.15) is 5.82 Å². The third kappa shape index (κ3) is 5.01. The van der Waals surface area contributed by atoms with E-state index in [0.29, 0.717) is 18.9 Å². The summed E-state index contributed by atoms with van der Waals surface area (Å²) in [5.74, 6) is -0.309. The van der Waals surface area contributed by atoms with Crippen molar-refractivity contribution >= 4 is 24.0 Å². The predicted octanol–water partition coefficient (Wildman–Crippen LogP) is 3.00. The Labute approximate surface area is 153 Å². The molecule has 2 aromatic rings. The molecule has 25 heavy (non-hydrogen) atoms. The van der Waals surface area contributed by atoms with Crippen molar-refractivity contribution in [2.45, 2.75) is 18.4 Å². The summed E-state index contributed by atoms with van der Waals surface area (Å²) in [5, 5.41) is 2.62. The zero-order valence-electron chi connectivity index (χ0n) is 13.9. The maximum atomic E-state index is 13.5. The molecule has 1 aliphatic rings. The first kappa shape index (κ1) is 19.4. The quantitative estimate of drug-likeness (QED) is 0.858. The summed E-state index contributed by atoms with van der Waals surface area (Å²) in [6.07, 6.45) is 0.322. The summed E-state index contributed by atoms with van der Waals surface area (Å²) in [6.45, 7) is 2.24. The molecule has 0 saturated carbocycles. The molecule has 1 saturated heterocycles. The molecule has 2 aromatic carbocycles. The van der Waals surface area contributed by atoms with Crippen LogP contribution in [0.25, 0.3) is 0 Å². The van der Waals surface area contributed by atoms with Crippen molar-refractivity contribution < 1.29 is 9.18 Å². The minimum absolute atomic E-state index is 0. The molecule has 0 unspecified atom stereocenters. The Balaban J connectivity index is 0.00000225. The zero-order chi connectivity index (χ0) is 16.9. The third-order valence-corrected chi connectivity index (χ3v) is 4.47. The molecule has 1 aliphatic heterocycles. The average molecular weight is 364 g/mol. The molecule has 3 N–H and O–H groups in total. The van der Waals surface area contributed by atoms with Gasteiger partial charge < -0.3 is 16.0 Å². The highest BCUT2D eigenvalue weighted by Crippen LogP contribution is 2.26. The average Bonchev–Trinajstić information content (AvgIpc) is 2.97. The van der Waals surface area contributed by atoms with Crippen LogP contribution < -0.4 is 11.1 Å². The van der Waals surface area contributed by atoms with Crippen molar-refractivity contribution in [3.8, 4) is 0 Å². The Bertz CT molecular complexity index is 698. The molecule has 1 amide bonds. The SMILES string of the molecule is Cl.N[C@@H]1CN(CCC(=O)Nc2ccccc2F)C[C@H]1c1ccccc1. The first-order chi connectivity index (χ1) is 11.6. The van der Waals surface area contributed by atoms with Crippen molar-refractivity contribution in [3.05, 3.63) is 66.0 Å². The van der Waals surface area contributed by atoms with Crippen LogP contribution in [0.4, 0.5) is 10.1 Å². The lowest BCUT2D eigenvalue weighted by Gasteiger charge is -2.16. The van der Waals surface area contributed by atoms with Gasteiger partial charge in [0.25, 0.3) is 0 Å². The van der Waals surface area contributed by atoms with Crippen LogP contribution in [0.3, 0.4) is 0 Å². The van der Waals surface area contributed by atoms with Crippen LogP contribution in [0.5, 0.6) is 0 Å². The van der Waals surface area contributed by atoms with Gasteiger partial charge in [-0.3, -0.25) is 4.79 Å². The van der Waals surface area contributed by atoms with Gasteiger partial charge in [-0.15, -0.1) is 12.4 Å². The van der Waals surface area contributed by atoms with Gasteiger partial charge >= 0.3 is 0 Å². The Morgan fingerprint density at radius 2 is 1.80 bits per heavy atom. The second kappa shape index (κ2) is 8.94. The number of carbonyl (C=O) groups excluding carboxylic acids is 1. The number of hydrogen-bond acceptors (Lipinski definition) is 3. The second-order valence-corrected chi connectivity index (χ2v) is 6.22. The molecule has 0 spiro atoms. The molecule has 0 aromatic heterocycles. The fourth-order valence-corrected chi connectivity index (χ4v) is 3.18. The van der Waals surface area contributed by atoms with Gasteiger partial charge in [0, 0.05) is 38.0 Å². The van der Waals surface area contributed by atoms with Gasteiger partial charge in [-0.25, -0.2) is 4.39 Å². The van der Waals surface area contributed by atoms with E-state index in [4.69, 9.17) is 5.73 Å². The summed E-state index contributed by atoms with van der Waals surface area (Å²) < 4.78 is 13.5. The lowest BCUT2D eigenvalue weighted by atomic mass is 9.95. The summed E-state index contributed by atoms with van der Waals surface area (Å²) in [6, 6.07) is 16.5. The molecular formula is C19H23ClFN3O. The topological polar surface area (TPSA) is 58.4 Å². The van der Waals surface area contributed by atoms with E-state index in [-0.39, 0.29) is 30.0 Å². The van der Waals surface area contributed by atoms with E-state index in [1.165, 1.54) is 11.6 Å². The maximum absolute atomic E-state index is 13.5. The molecule has 0 aliphatic carbocycles. The van der Waals surface area contributed by atoms with Crippen molar-refractivity contribution in [2.24, 2.45) is 5.73 Å². The first-order valence-corrected chi connectivity index (χ1v) is 8.21. The molecular weight excluding hydrogens is 341 g/mol. The van der Waals surface area contributed by atoms with Gasteiger partial charge in [0.15, 0.2) is 0 Å². The van der Waals surface area contributed by atoms with Gasteiger partial charge in [-0.1, -0.05) is 42.5 Å². The van der Waals surface area contributed by atoms with Crippen molar-refractivity contribution in [1.82, 2.24) is 4.90 Å². The number of nitrogens with one attached hydrogen (secondary N) is 1. The number of nitrogens with zero attached hydrogens (tertiary/aromatic N) is 1. The van der Waals surface area contributed by atoms with Gasteiger partial charge in [0.2, 0.25) is 5.91 Å². The number of para-hydroxylation sites is 1. The number of hydrogen-bond donors (Lipinski definition) is 2. The standard InChI is InChI=1S/C19H22FN3O.ClH/c20-16-8-4-5-9-18(16)22-19(24)10-11-23-12-15(17(21)13-23)14-6-2-1-3-7-14;/h1-9,15,17H,10-13,21H2,(H,22,24);1H/t15-,17+;/m0./s1. The van der Waals surface area contributed by atoms with Crippen LogP contribution in [0.2, 0.25) is 0 Å². The second-order valence-electron chi connectivity index (χ2n) is 6.22. The van der Waals surface area contributed by atoms with Crippen LogP contribution in [-0.4, -0.2) is 36.5 Å². The smallest absolute Gasteiger partial charge is 0.225 e. The number of nitrogens with two attached hydrogens (primary N) is 1. The van der Waals surface area contributed by atoms with E-state index in [9.17, 15) is 9.18 Å². The number of amides is 1. The first-order valence-electron chi connectivity index (χ1n) is 8.21. The highest BCUT2D eigenvalue weighted by atomic mass is 35.5. The molecule has 0 radical (unpaired) electrons. The normalized spacial score (nSPS) is 20.1. The monoisotopic (exact) mass is 363 g/mol. The molecule has 3 rings (SSSR count). The minimum Gasteiger partial charge on any atom is -0.326 e. The van der Waals surface area contributed by atoms with Crippen LogP contribution >= 0.6 is 12.4 Å². The van der Waals surface area contributed by atoms with Gasteiger partial charge in [0.05, 0.1) is 5.69 Å². The number of carbonyl (C=O) groups is 1. The summed E-state index contributed by atoms with van der Waals surface area (Å²) in [7, 11) is 0. The Morgan fingerprint density at radius 3 is 2.52 bits per heavy atom. The van der Waals surface area contributed by atoms with Crippen LogP contribution in [0, 0.1) is 5.82 Å². The molecule has 134 valence electrons. The number of halogens is 2. The van der Waals surface area contributed by atoms with Crippen molar-refractivity contribution in [2.75, 3.05) is 25.0 Å². The van der Waals surface area contributed by atoms with Gasteiger partial charge in [-0.2, -0.15) is 0 Å². The lowest BCUT2D eigenvalue weighted by Crippen LogP contribution is -2.30. The molecule has 1 fully saturated rings. The molecule has 4 nitrogen and oxygen atoms in total.